The first-order valence-corrected chi connectivity index (χ1v) is 12.1. The van der Waals surface area contributed by atoms with E-state index < -0.39 is 28.5 Å². The second-order valence-corrected chi connectivity index (χ2v) is 10.0. The third-order valence-electron chi connectivity index (χ3n) is 3.92. The topological polar surface area (TPSA) is 134 Å². The van der Waals surface area contributed by atoms with Gasteiger partial charge in [0.2, 0.25) is 0 Å². The fraction of sp³-hybridized carbons (Fsp3) is 0.0500. The van der Waals surface area contributed by atoms with Crippen molar-refractivity contribution in [3.05, 3.63) is 75.1 Å². The predicted molar refractivity (Wildman–Crippen MR) is 126 cm³/mol. The van der Waals surface area contributed by atoms with Gasteiger partial charge in [0.05, 0.1) is 17.5 Å². The van der Waals surface area contributed by atoms with E-state index in [2.05, 4.69) is 15.2 Å². The molecule has 1 heterocycles. The predicted octanol–water partition coefficient (Wildman–Crippen LogP) is 4.08. The van der Waals surface area contributed by atoms with E-state index in [4.69, 9.17) is 33.0 Å². The maximum atomic E-state index is 12.7. The number of nitrogens with one attached hydrogen (secondary N) is 2. The summed E-state index contributed by atoms with van der Waals surface area (Å²) in [6.07, 6.45) is 1.21. The Bertz CT molecular complexity index is 1310. The Balaban J connectivity index is 1.80. The number of amides is 1. The lowest BCUT2D eigenvalue weighted by Gasteiger charge is -2.11. The molecular weight excluding hydrogens is 513 g/mol. The molecule has 0 aliphatic carbocycles. The number of carboxylic acids is 1. The van der Waals surface area contributed by atoms with Crippen LogP contribution in [0.15, 0.2) is 63.2 Å². The molecule has 0 radical (unpaired) electrons. The first-order valence-electron chi connectivity index (χ1n) is 8.99. The number of benzene rings is 2. The molecule has 3 aromatic rings. The smallest absolute Gasteiger partial charge is 0.341 e. The second kappa shape index (κ2) is 10.7. The lowest BCUT2D eigenvalue weighted by Crippen LogP contribution is -2.21. The number of hydrogen-bond acceptors (Lipinski definition) is 7. The average Bonchev–Trinajstić information content (AvgIpc) is 3.30. The van der Waals surface area contributed by atoms with Crippen molar-refractivity contribution in [2.75, 3.05) is 11.3 Å². The minimum absolute atomic E-state index is 0.00809. The number of ether oxygens (including phenoxy) is 1. The highest BCUT2D eigenvalue weighted by Gasteiger charge is 2.20. The number of hydrazone groups is 1. The lowest BCUT2D eigenvalue weighted by molar-refractivity contribution is -0.139. The van der Waals surface area contributed by atoms with Gasteiger partial charge in [-0.1, -0.05) is 29.3 Å². The Morgan fingerprint density at radius 2 is 1.85 bits per heavy atom. The van der Waals surface area contributed by atoms with Gasteiger partial charge in [-0.15, -0.1) is 11.3 Å². The summed E-state index contributed by atoms with van der Waals surface area (Å²) < 4.78 is 32.7. The molecule has 3 N–H and O–H groups in total. The molecule has 0 unspecified atom stereocenters. The van der Waals surface area contributed by atoms with Crippen LogP contribution >= 0.6 is 34.5 Å². The van der Waals surface area contributed by atoms with E-state index in [1.165, 1.54) is 48.7 Å². The Morgan fingerprint density at radius 3 is 2.55 bits per heavy atom. The summed E-state index contributed by atoms with van der Waals surface area (Å²) in [7, 11) is -3.90. The zero-order chi connectivity index (χ0) is 24.0. The van der Waals surface area contributed by atoms with Crippen LogP contribution in [0.5, 0.6) is 5.75 Å². The first kappa shape index (κ1) is 24.5. The lowest BCUT2D eigenvalue weighted by atomic mass is 10.2. The highest BCUT2D eigenvalue weighted by molar-refractivity contribution is 7.94. The molecule has 2 aromatic carbocycles. The van der Waals surface area contributed by atoms with Crippen molar-refractivity contribution in [3.63, 3.8) is 0 Å². The maximum Gasteiger partial charge on any atom is 0.341 e. The van der Waals surface area contributed by atoms with Crippen molar-refractivity contribution in [1.29, 1.82) is 0 Å². The van der Waals surface area contributed by atoms with Crippen molar-refractivity contribution >= 4 is 68.3 Å². The number of carbonyl (C=O) groups excluding carboxylic acids is 1. The number of aliphatic carboxylic acids is 1. The van der Waals surface area contributed by atoms with Crippen LogP contribution in [0.2, 0.25) is 10.0 Å². The van der Waals surface area contributed by atoms with E-state index in [-0.39, 0.29) is 26.2 Å². The fourth-order valence-corrected chi connectivity index (χ4v) is 4.94. The zero-order valence-corrected chi connectivity index (χ0v) is 19.6. The molecule has 172 valence electrons. The normalized spacial score (nSPS) is 11.3. The third kappa shape index (κ3) is 6.68. The molecule has 0 bridgehead atoms. The Morgan fingerprint density at radius 1 is 1.12 bits per heavy atom. The summed E-state index contributed by atoms with van der Waals surface area (Å²) >= 11 is 13.0. The number of carboxylic acid groups (broad SMARTS) is 1. The molecule has 3 rings (SSSR count). The first-order chi connectivity index (χ1) is 15.7. The minimum Gasteiger partial charge on any atom is -0.481 e. The quantitative estimate of drug-likeness (QED) is 0.283. The fourth-order valence-electron chi connectivity index (χ4n) is 2.52. The van der Waals surface area contributed by atoms with Crippen molar-refractivity contribution < 1.29 is 27.9 Å². The number of sulfonamides is 1. The molecule has 0 spiro atoms. The van der Waals surface area contributed by atoms with E-state index in [9.17, 15) is 18.0 Å². The van der Waals surface area contributed by atoms with E-state index in [0.717, 1.165) is 11.3 Å². The molecule has 0 aliphatic heterocycles. The summed E-state index contributed by atoms with van der Waals surface area (Å²) in [5.41, 5.74) is 2.53. The molecule has 0 fully saturated rings. The molecule has 0 atom stereocenters. The van der Waals surface area contributed by atoms with E-state index in [0.29, 0.717) is 10.6 Å². The Hall–Kier alpha value is -3.12. The van der Waals surface area contributed by atoms with Crippen LogP contribution < -0.4 is 14.9 Å². The number of nitrogens with zero attached hydrogens (tertiary/aromatic N) is 1. The van der Waals surface area contributed by atoms with Crippen molar-refractivity contribution in [2.24, 2.45) is 5.10 Å². The van der Waals surface area contributed by atoms with Crippen LogP contribution in [-0.4, -0.2) is 38.2 Å². The van der Waals surface area contributed by atoms with Crippen molar-refractivity contribution in [1.82, 2.24) is 5.43 Å². The number of halogens is 2. The van der Waals surface area contributed by atoms with Crippen LogP contribution in [0.4, 0.5) is 5.69 Å². The third-order valence-corrected chi connectivity index (χ3v) is 7.16. The number of rotatable bonds is 9. The molecule has 9 nitrogen and oxygen atoms in total. The van der Waals surface area contributed by atoms with Crippen LogP contribution in [-0.2, 0) is 14.8 Å². The number of thiophene rings is 1. The van der Waals surface area contributed by atoms with Gasteiger partial charge >= 0.3 is 5.97 Å². The van der Waals surface area contributed by atoms with Gasteiger partial charge < -0.3 is 9.84 Å². The summed E-state index contributed by atoms with van der Waals surface area (Å²) in [6.45, 7) is -0.578. The van der Waals surface area contributed by atoms with Gasteiger partial charge in [-0.25, -0.2) is 18.6 Å². The number of anilines is 1. The summed E-state index contributed by atoms with van der Waals surface area (Å²) in [6, 6.07) is 11.5. The van der Waals surface area contributed by atoms with Gasteiger partial charge in [-0.2, -0.15) is 5.10 Å². The van der Waals surface area contributed by atoms with E-state index >= 15 is 0 Å². The SMILES string of the molecule is O=C(O)COc1ccc(Cl)cc1C=NNC(=O)c1cc(Cl)ccc1NS(=O)(=O)c1cccs1. The van der Waals surface area contributed by atoms with Crippen LogP contribution in [0.1, 0.15) is 15.9 Å². The standard InChI is InChI=1S/C20H15Cl2N3O6S2/c21-13-4-6-17(31-11-18(26)27)12(8-13)10-23-24-20(28)15-9-14(22)3-5-16(15)25-33(29,30)19-2-1-7-32-19/h1-10,25H,11H2,(H,24,28)(H,26,27). The van der Waals surface area contributed by atoms with E-state index in [1.807, 2.05) is 0 Å². The summed E-state index contributed by atoms with van der Waals surface area (Å²) in [5.74, 6) is -1.72. The second-order valence-electron chi connectivity index (χ2n) is 6.29. The largest absolute Gasteiger partial charge is 0.481 e. The van der Waals surface area contributed by atoms with Gasteiger partial charge in [-0.05, 0) is 47.8 Å². The molecule has 33 heavy (non-hydrogen) atoms. The summed E-state index contributed by atoms with van der Waals surface area (Å²) in [5, 5.41) is 14.8. The molecular formula is C20H15Cl2N3O6S2. The van der Waals surface area contributed by atoms with E-state index in [1.54, 1.807) is 11.4 Å². The highest BCUT2D eigenvalue weighted by atomic mass is 35.5. The molecule has 0 aliphatic rings. The van der Waals surface area contributed by atoms with Crippen LogP contribution in [0, 0.1) is 0 Å². The van der Waals surface area contributed by atoms with Gasteiger partial charge in [0.15, 0.2) is 6.61 Å². The van der Waals surface area contributed by atoms with Crippen LogP contribution in [0.25, 0.3) is 0 Å². The van der Waals surface area contributed by atoms with Gasteiger partial charge in [0, 0.05) is 15.6 Å². The summed E-state index contributed by atoms with van der Waals surface area (Å²) in [4.78, 5) is 23.4. The molecule has 0 saturated carbocycles. The van der Waals surface area contributed by atoms with Crippen molar-refractivity contribution in [2.45, 2.75) is 4.21 Å². The Labute approximate surface area is 202 Å². The Kier molecular flexibility index (Phi) is 7.92. The van der Waals surface area contributed by atoms with Crippen LogP contribution in [0.3, 0.4) is 0 Å². The van der Waals surface area contributed by atoms with Gasteiger partial charge in [0.1, 0.15) is 9.96 Å². The maximum absolute atomic E-state index is 12.7. The van der Waals surface area contributed by atoms with Gasteiger partial charge in [0.25, 0.3) is 15.9 Å². The number of carbonyl (C=O) groups is 2. The molecule has 1 aromatic heterocycles. The molecule has 0 saturated heterocycles. The monoisotopic (exact) mass is 527 g/mol. The molecule has 13 heteroatoms. The average molecular weight is 528 g/mol. The van der Waals surface area contributed by atoms with Gasteiger partial charge in [-0.3, -0.25) is 9.52 Å². The number of hydrogen-bond donors (Lipinski definition) is 3. The highest BCUT2D eigenvalue weighted by Crippen LogP contribution is 2.26. The van der Waals surface area contributed by atoms with Crippen molar-refractivity contribution in [3.8, 4) is 5.75 Å². The molecule has 1 amide bonds. The zero-order valence-electron chi connectivity index (χ0n) is 16.5. The minimum atomic E-state index is -3.90.